The lowest BCUT2D eigenvalue weighted by molar-refractivity contribution is -0.134. The molecule has 0 saturated heterocycles. The smallest absolute Gasteiger partial charge is 0.328 e. The number of aromatic amines is 1. The molecule has 2 aromatic heterocycles. The van der Waals surface area contributed by atoms with E-state index in [1.165, 1.54) is 0 Å². The van der Waals surface area contributed by atoms with Gasteiger partial charge in [0.25, 0.3) is 5.56 Å². The Labute approximate surface area is 122 Å². The van der Waals surface area contributed by atoms with Gasteiger partial charge >= 0.3 is 7.60 Å². The Balaban J connectivity index is 2.32. The fraction of sp³-hybridized carbons (Fsp3) is 0.300. The molecule has 12 heteroatoms. The Morgan fingerprint density at radius 1 is 1.36 bits per heavy atom. The van der Waals surface area contributed by atoms with Crippen molar-refractivity contribution in [2.45, 2.75) is 12.3 Å². The standard InChI is InChI=1S/C10H11N4O7P/c15-1-6(3-22(18,19)20)21-7(2-16)14-5-13-8-9(14)11-4-12-10(8)17/h1-2,4-7H,3H2,(H,11,12,17)(H2,18,19,20). The summed E-state index contributed by atoms with van der Waals surface area (Å²) in [5, 5.41) is 0. The number of hydrogen-bond donors (Lipinski definition) is 3. The van der Waals surface area contributed by atoms with E-state index in [1.807, 2.05) is 0 Å². The van der Waals surface area contributed by atoms with Crippen LogP contribution >= 0.6 is 7.60 Å². The molecule has 0 amide bonds. The SMILES string of the molecule is O=CC(CP(=O)(O)O)OC(C=O)n1cnc2c(=O)[nH]cnc21. The third kappa shape index (κ3) is 3.52. The maximum atomic E-state index is 11.5. The van der Waals surface area contributed by atoms with E-state index >= 15 is 0 Å². The molecule has 0 saturated carbocycles. The highest BCUT2D eigenvalue weighted by molar-refractivity contribution is 7.51. The lowest BCUT2D eigenvalue weighted by Gasteiger charge is -2.18. The zero-order valence-electron chi connectivity index (χ0n) is 10.9. The number of nitrogens with one attached hydrogen (secondary N) is 1. The quantitative estimate of drug-likeness (QED) is 0.408. The van der Waals surface area contributed by atoms with Gasteiger partial charge in [-0.2, -0.15) is 0 Å². The number of carbonyl (C=O) groups excluding carboxylic acids is 2. The molecule has 118 valence electrons. The number of hydrogen-bond acceptors (Lipinski definition) is 7. The van der Waals surface area contributed by atoms with Crippen molar-refractivity contribution in [2.75, 3.05) is 6.16 Å². The van der Waals surface area contributed by atoms with Crippen LogP contribution in [0.1, 0.15) is 6.23 Å². The minimum absolute atomic E-state index is 0.0293. The molecule has 0 bridgehead atoms. The molecule has 3 N–H and O–H groups in total. The molecule has 0 spiro atoms. The second-order valence-electron chi connectivity index (χ2n) is 4.24. The molecule has 2 atom stereocenters. The van der Waals surface area contributed by atoms with Crippen LogP contribution in [-0.2, 0) is 18.9 Å². The average Bonchev–Trinajstić information content (AvgIpc) is 2.87. The number of rotatable bonds is 7. The van der Waals surface area contributed by atoms with Crippen LogP contribution in [0.25, 0.3) is 11.2 Å². The van der Waals surface area contributed by atoms with Gasteiger partial charge in [-0.25, -0.2) is 9.97 Å². The van der Waals surface area contributed by atoms with Crippen molar-refractivity contribution in [3.8, 4) is 0 Å². The lowest BCUT2D eigenvalue weighted by atomic mass is 10.4. The summed E-state index contributed by atoms with van der Waals surface area (Å²) >= 11 is 0. The van der Waals surface area contributed by atoms with Crippen molar-refractivity contribution in [3.05, 3.63) is 23.0 Å². The fourth-order valence-corrected chi connectivity index (χ4v) is 2.39. The van der Waals surface area contributed by atoms with E-state index in [-0.39, 0.29) is 17.5 Å². The monoisotopic (exact) mass is 330 g/mol. The summed E-state index contributed by atoms with van der Waals surface area (Å²) < 4.78 is 17.0. The van der Waals surface area contributed by atoms with Crippen LogP contribution in [0.15, 0.2) is 17.4 Å². The van der Waals surface area contributed by atoms with E-state index in [9.17, 15) is 18.9 Å². The highest BCUT2D eigenvalue weighted by Gasteiger charge is 2.26. The van der Waals surface area contributed by atoms with Crippen LogP contribution in [0.4, 0.5) is 0 Å². The van der Waals surface area contributed by atoms with Crippen molar-refractivity contribution < 1.29 is 28.7 Å². The second-order valence-corrected chi connectivity index (χ2v) is 5.93. The molecule has 22 heavy (non-hydrogen) atoms. The first kappa shape index (κ1) is 16.2. The number of ether oxygens (including phenoxy) is 1. The van der Waals surface area contributed by atoms with Gasteiger partial charge in [0.2, 0.25) is 0 Å². The van der Waals surface area contributed by atoms with Crippen molar-refractivity contribution in [2.24, 2.45) is 0 Å². The van der Waals surface area contributed by atoms with Crippen molar-refractivity contribution in [1.29, 1.82) is 0 Å². The normalized spacial score (nSPS) is 14.6. The Bertz CT molecular complexity index is 794. The van der Waals surface area contributed by atoms with Crippen molar-refractivity contribution >= 4 is 31.3 Å². The number of nitrogens with zero attached hydrogens (tertiary/aromatic N) is 3. The first-order chi connectivity index (χ1) is 10.4. The molecule has 2 heterocycles. The average molecular weight is 330 g/mol. The first-order valence-electron chi connectivity index (χ1n) is 5.86. The highest BCUT2D eigenvalue weighted by Crippen LogP contribution is 2.35. The Morgan fingerprint density at radius 3 is 2.68 bits per heavy atom. The molecule has 0 aliphatic heterocycles. The molecular formula is C10H11N4O7P. The summed E-state index contributed by atoms with van der Waals surface area (Å²) in [6.45, 7) is 0. The van der Waals surface area contributed by atoms with Gasteiger partial charge in [0.1, 0.15) is 12.4 Å². The minimum Gasteiger partial charge on any atom is -0.339 e. The number of aromatic nitrogens is 4. The van der Waals surface area contributed by atoms with E-state index in [0.29, 0.717) is 6.29 Å². The van der Waals surface area contributed by atoms with Crippen LogP contribution in [0.2, 0.25) is 0 Å². The molecule has 0 aromatic carbocycles. The molecular weight excluding hydrogens is 319 g/mol. The van der Waals surface area contributed by atoms with Crippen molar-refractivity contribution in [3.63, 3.8) is 0 Å². The number of fused-ring (bicyclic) bond motifs is 1. The van der Waals surface area contributed by atoms with Gasteiger partial charge in [0, 0.05) is 0 Å². The maximum absolute atomic E-state index is 11.5. The van der Waals surface area contributed by atoms with E-state index < -0.39 is 31.6 Å². The minimum atomic E-state index is -4.51. The van der Waals surface area contributed by atoms with Gasteiger partial charge in [-0.3, -0.25) is 18.7 Å². The molecule has 11 nitrogen and oxygen atoms in total. The molecule has 0 aliphatic carbocycles. The Morgan fingerprint density at radius 2 is 2.09 bits per heavy atom. The summed E-state index contributed by atoms with van der Waals surface area (Å²) in [5.74, 6) is 0. The Kier molecular flexibility index (Phi) is 4.62. The van der Waals surface area contributed by atoms with Gasteiger partial charge in [-0.05, 0) is 0 Å². The predicted octanol–water partition coefficient (Wildman–Crippen LogP) is -1.42. The number of imidazole rings is 1. The lowest BCUT2D eigenvalue weighted by Crippen LogP contribution is -2.26. The first-order valence-corrected chi connectivity index (χ1v) is 7.66. The molecule has 0 aliphatic rings. The van der Waals surface area contributed by atoms with Gasteiger partial charge in [-0.1, -0.05) is 0 Å². The third-order valence-corrected chi connectivity index (χ3v) is 3.48. The van der Waals surface area contributed by atoms with Gasteiger partial charge < -0.3 is 24.3 Å². The van der Waals surface area contributed by atoms with Crippen LogP contribution in [0, 0.1) is 0 Å². The number of H-pyrrole nitrogens is 1. The third-order valence-electron chi connectivity index (χ3n) is 2.64. The van der Waals surface area contributed by atoms with Gasteiger partial charge in [-0.15, -0.1) is 0 Å². The zero-order chi connectivity index (χ0) is 16.3. The molecule has 2 rings (SSSR count). The van der Waals surface area contributed by atoms with Gasteiger partial charge in [0.15, 0.2) is 23.7 Å². The number of aldehydes is 2. The predicted molar refractivity (Wildman–Crippen MR) is 71.1 cm³/mol. The van der Waals surface area contributed by atoms with E-state index in [0.717, 1.165) is 17.2 Å². The van der Waals surface area contributed by atoms with Gasteiger partial charge in [0.05, 0.1) is 18.8 Å². The summed E-state index contributed by atoms with van der Waals surface area (Å²) in [4.78, 5) is 61.1. The Hall–Kier alpha value is -2.20. The van der Waals surface area contributed by atoms with Crippen LogP contribution in [0.3, 0.4) is 0 Å². The molecule has 2 aromatic rings. The summed E-state index contributed by atoms with van der Waals surface area (Å²) in [6.07, 6.45) is -1.13. The molecule has 0 fully saturated rings. The summed E-state index contributed by atoms with van der Waals surface area (Å²) in [6, 6.07) is 0. The molecule has 2 unspecified atom stereocenters. The maximum Gasteiger partial charge on any atom is 0.328 e. The summed E-state index contributed by atoms with van der Waals surface area (Å²) in [7, 11) is -4.51. The number of carbonyl (C=O) groups is 2. The highest BCUT2D eigenvalue weighted by atomic mass is 31.2. The fourth-order valence-electron chi connectivity index (χ4n) is 1.74. The van der Waals surface area contributed by atoms with Crippen molar-refractivity contribution in [1.82, 2.24) is 19.5 Å². The molecule has 0 radical (unpaired) electrons. The summed E-state index contributed by atoms with van der Waals surface area (Å²) in [5.41, 5.74) is -0.548. The van der Waals surface area contributed by atoms with E-state index in [2.05, 4.69) is 15.0 Å². The van der Waals surface area contributed by atoms with Crippen LogP contribution in [-0.4, -0.2) is 54.1 Å². The van der Waals surface area contributed by atoms with E-state index in [4.69, 9.17) is 14.5 Å². The van der Waals surface area contributed by atoms with Crippen LogP contribution < -0.4 is 5.56 Å². The largest absolute Gasteiger partial charge is 0.339 e. The zero-order valence-corrected chi connectivity index (χ0v) is 11.8. The van der Waals surface area contributed by atoms with E-state index in [1.54, 1.807) is 0 Å². The van der Waals surface area contributed by atoms with Crippen LogP contribution in [0.5, 0.6) is 0 Å². The second kappa shape index (κ2) is 6.28. The topological polar surface area (TPSA) is 164 Å².